The fourth-order valence-electron chi connectivity index (χ4n) is 4.29. The number of carbonyl (C=O) groups is 1. The molecule has 0 aliphatic carbocycles. The van der Waals surface area contributed by atoms with Gasteiger partial charge >= 0.3 is 0 Å². The van der Waals surface area contributed by atoms with Gasteiger partial charge in [-0.15, -0.1) is 0 Å². The van der Waals surface area contributed by atoms with Gasteiger partial charge < -0.3 is 15.0 Å². The molecule has 8 heteroatoms. The lowest BCUT2D eigenvalue weighted by Crippen LogP contribution is -2.35. The molecule has 0 radical (unpaired) electrons. The Kier molecular flexibility index (Phi) is 8.26. The SMILES string of the molecule is COc1cc(Cl)cc(C(=O)Nc2ccc(Cl)cn2)c1CCc1ccc(C(=N)N2CCCCC2)cc1. The summed E-state index contributed by atoms with van der Waals surface area (Å²) in [7, 11) is 1.57. The average molecular weight is 511 g/mol. The number of carbonyl (C=O) groups excluding carboxylic acids is 1. The van der Waals surface area contributed by atoms with Crippen LogP contribution >= 0.6 is 23.2 Å². The van der Waals surface area contributed by atoms with E-state index in [1.165, 1.54) is 12.6 Å². The average Bonchev–Trinajstić information content (AvgIpc) is 2.89. The number of rotatable bonds is 7. The van der Waals surface area contributed by atoms with E-state index in [0.29, 0.717) is 45.9 Å². The van der Waals surface area contributed by atoms with Gasteiger partial charge in [-0.2, -0.15) is 0 Å². The Morgan fingerprint density at radius 3 is 2.43 bits per heavy atom. The number of hydrogen-bond donors (Lipinski definition) is 2. The lowest BCUT2D eigenvalue weighted by atomic mass is 9.97. The Morgan fingerprint density at radius 1 is 1.03 bits per heavy atom. The number of piperidine rings is 1. The van der Waals surface area contributed by atoms with E-state index >= 15 is 0 Å². The first-order valence-corrected chi connectivity index (χ1v) is 12.4. The van der Waals surface area contributed by atoms with Crippen molar-refractivity contribution in [1.29, 1.82) is 5.41 Å². The van der Waals surface area contributed by atoms with Crippen LogP contribution in [0, 0.1) is 5.41 Å². The molecule has 0 unspecified atom stereocenters. The molecule has 1 fully saturated rings. The van der Waals surface area contributed by atoms with E-state index in [9.17, 15) is 4.79 Å². The number of hydrogen-bond acceptors (Lipinski definition) is 4. The monoisotopic (exact) mass is 510 g/mol. The van der Waals surface area contributed by atoms with E-state index in [1.54, 1.807) is 31.4 Å². The van der Waals surface area contributed by atoms with Crippen LogP contribution in [0.15, 0.2) is 54.7 Å². The summed E-state index contributed by atoms with van der Waals surface area (Å²) in [6.45, 7) is 1.90. The highest BCUT2D eigenvalue weighted by atomic mass is 35.5. The first-order valence-electron chi connectivity index (χ1n) is 11.7. The number of aromatic nitrogens is 1. The number of halogens is 2. The third-order valence-electron chi connectivity index (χ3n) is 6.17. The van der Waals surface area contributed by atoms with Gasteiger partial charge in [0.2, 0.25) is 0 Å². The third kappa shape index (κ3) is 6.32. The Labute approximate surface area is 215 Å². The van der Waals surface area contributed by atoms with Gasteiger partial charge in [-0.1, -0.05) is 47.5 Å². The van der Waals surface area contributed by atoms with Crippen LogP contribution < -0.4 is 10.1 Å². The molecular weight excluding hydrogens is 483 g/mol. The van der Waals surface area contributed by atoms with E-state index in [2.05, 4.69) is 15.2 Å². The van der Waals surface area contributed by atoms with E-state index in [1.807, 2.05) is 24.3 Å². The molecular formula is C27H28Cl2N4O2. The number of nitrogens with one attached hydrogen (secondary N) is 2. The van der Waals surface area contributed by atoms with Crippen molar-refractivity contribution < 1.29 is 9.53 Å². The maximum atomic E-state index is 13.1. The smallest absolute Gasteiger partial charge is 0.257 e. The molecule has 1 amide bonds. The fourth-order valence-corrected chi connectivity index (χ4v) is 4.61. The van der Waals surface area contributed by atoms with Crippen molar-refractivity contribution in [2.75, 3.05) is 25.5 Å². The Balaban J connectivity index is 1.49. The molecule has 182 valence electrons. The van der Waals surface area contributed by atoms with Crippen LogP contribution in [-0.4, -0.2) is 41.8 Å². The van der Waals surface area contributed by atoms with Gasteiger partial charge in [0.05, 0.1) is 12.1 Å². The fraction of sp³-hybridized carbons (Fsp3) is 0.296. The second-order valence-corrected chi connectivity index (χ2v) is 9.42. The number of methoxy groups -OCH3 is 1. The Bertz CT molecular complexity index is 1190. The highest BCUT2D eigenvalue weighted by molar-refractivity contribution is 6.31. The zero-order valence-corrected chi connectivity index (χ0v) is 21.1. The van der Waals surface area contributed by atoms with Crippen LogP contribution in [0.1, 0.15) is 46.3 Å². The second kappa shape index (κ2) is 11.6. The number of benzene rings is 2. The maximum absolute atomic E-state index is 13.1. The topological polar surface area (TPSA) is 78.3 Å². The molecule has 6 nitrogen and oxygen atoms in total. The van der Waals surface area contributed by atoms with Crippen molar-refractivity contribution in [2.45, 2.75) is 32.1 Å². The number of likely N-dealkylation sites (tertiary alicyclic amines) is 1. The van der Waals surface area contributed by atoms with Crippen LogP contribution in [0.5, 0.6) is 5.75 Å². The van der Waals surface area contributed by atoms with Crippen molar-refractivity contribution in [3.8, 4) is 5.75 Å². The molecule has 2 heterocycles. The van der Waals surface area contributed by atoms with Gasteiger partial charge in [0.25, 0.3) is 5.91 Å². The minimum atomic E-state index is -0.319. The van der Waals surface area contributed by atoms with Gasteiger partial charge in [0.1, 0.15) is 17.4 Å². The van der Waals surface area contributed by atoms with Gasteiger partial charge in [-0.3, -0.25) is 10.2 Å². The van der Waals surface area contributed by atoms with Gasteiger partial charge in [-0.05, 0) is 61.9 Å². The van der Waals surface area contributed by atoms with E-state index in [-0.39, 0.29) is 5.91 Å². The molecule has 2 N–H and O–H groups in total. The van der Waals surface area contributed by atoms with Gasteiger partial charge in [-0.25, -0.2) is 4.98 Å². The quantitative estimate of drug-likeness (QED) is 0.291. The summed E-state index contributed by atoms with van der Waals surface area (Å²) < 4.78 is 5.56. The number of amidine groups is 1. The number of ether oxygens (including phenoxy) is 1. The molecule has 0 atom stereocenters. The molecule has 35 heavy (non-hydrogen) atoms. The molecule has 1 saturated heterocycles. The van der Waals surface area contributed by atoms with Crippen molar-refractivity contribution in [2.24, 2.45) is 0 Å². The van der Waals surface area contributed by atoms with Gasteiger partial charge in [0, 0.05) is 41.0 Å². The molecule has 4 rings (SSSR count). The molecule has 0 spiro atoms. The van der Waals surface area contributed by atoms with E-state index in [4.69, 9.17) is 33.3 Å². The minimum Gasteiger partial charge on any atom is -0.496 e. The zero-order chi connectivity index (χ0) is 24.8. The number of aryl methyl sites for hydroxylation is 1. The summed E-state index contributed by atoms with van der Waals surface area (Å²) in [6.07, 6.45) is 6.30. The minimum absolute atomic E-state index is 0.319. The Morgan fingerprint density at radius 2 is 1.77 bits per heavy atom. The Hall–Kier alpha value is -3.09. The molecule has 1 aromatic heterocycles. The second-order valence-electron chi connectivity index (χ2n) is 8.54. The third-order valence-corrected chi connectivity index (χ3v) is 6.61. The normalized spacial score (nSPS) is 13.4. The first-order chi connectivity index (χ1) is 16.9. The lowest BCUT2D eigenvalue weighted by molar-refractivity contribution is 0.102. The van der Waals surface area contributed by atoms with Crippen LogP contribution in [0.2, 0.25) is 10.0 Å². The summed E-state index contributed by atoms with van der Waals surface area (Å²) in [5.74, 6) is 1.23. The predicted octanol–water partition coefficient (Wildman–Crippen LogP) is 6.25. The molecule has 0 bridgehead atoms. The van der Waals surface area contributed by atoms with Crippen LogP contribution in [0.3, 0.4) is 0 Å². The van der Waals surface area contributed by atoms with E-state index < -0.39 is 0 Å². The van der Waals surface area contributed by atoms with Crippen molar-refractivity contribution in [1.82, 2.24) is 9.88 Å². The molecule has 2 aromatic carbocycles. The zero-order valence-electron chi connectivity index (χ0n) is 19.6. The molecule has 0 saturated carbocycles. The summed E-state index contributed by atoms with van der Waals surface area (Å²) in [4.78, 5) is 19.4. The van der Waals surface area contributed by atoms with Crippen LogP contribution in [0.4, 0.5) is 5.82 Å². The summed E-state index contributed by atoms with van der Waals surface area (Å²) in [5.41, 5.74) is 3.25. The molecule has 1 aliphatic rings. The van der Waals surface area contributed by atoms with Crippen LogP contribution in [-0.2, 0) is 12.8 Å². The molecule has 1 aliphatic heterocycles. The predicted molar refractivity (Wildman–Crippen MR) is 141 cm³/mol. The van der Waals surface area contributed by atoms with Crippen molar-refractivity contribution in [3.63, 3.8) is 0 Å². The summed E-state index contributed by atoms with van der Waals surface area (Å²) in [5, 5.41) is 12.2. The van der Waals surface area contributed by atoms with Gasteiger partial charge in [0.15, 0.2) is 0 Å². The van der Waals surface area contributed by atoms with Crippen molar-refractivity contribution >= 4 is 40.8 Å². The lowest BCUT2D eigenvalue weighted by Gasteiger charge is -2.29. The summed E-state index contributed by atoms with van der Waals surface area (Å²) in [6, 6.07) is 14.8. The number of anilines is 1. The maximum Gasteiger partial charge on any atom is 0.257 e. The largest absolute Gasteiger partial charge is 0.496 e. The van der Waals surface area contributed by atoms with Crippen LogP contribution in [0.25, 0.3) is 0 Å². The summed E-state index contributed by atoms with van der Waals surface area (Å²) >= 11 is 12.2. The van der Waals surface area contributed by atoms with Crippen molar-refractivity contribution in [3.05, 3.63) is 87.0 Å². The highest BCUT2D eigenvalue weighted by Gasteiger charge is 2.19. The van der Waals surface area contributed by atoms with E-state index in [0.717, 1.165) is 42.6 Å². The first kappa shape index (κ1) is 25.0. The number of amides is 1. The number of pyridine rings is 1. The number of nitrogens with zero attached hydrogens (tertiary/aromatic N) is 2. The molecule has 3 aromatic rings. The standard InChI is InChI=1S/C27H28Cl2N4O2/c1-35-24-16-21(29)15-23(27(34)32-25-12-10-20(28)17-31-25)22(24)11-7-18-5-8-19(9-6-18)26(30)33-13-3-2-4-14-33/h5-6,8-10,12,15-17,30H,2-4,7,11,13-14H2,1H3,(H,31,32,34). The highest BCUT2D eigenvalue weighted by Crippen LogP contribution is 2.30.